The fraction of sp³-hybridized carbons (Fsp3) is 0.938. The quantitative estimate of drug-likeness (QED) is 0.741. The fourth-order valence-corrected chi connectivity index (χ4v) is 2.73. The summed E-state index contributed by atoms with van der Waals surface area (Å²) in [6.07, 6.45) is 3.27. The van der Waals surface area contributed by atoms with Gasteiger partial charge in [0.1, 0.15) is 0 Å². The molecule has 2 unspecified atom stereocenters. The first-order valence-electron chi connectivity index (χ1n) is 7.21. The molecular formula is C16H29NO. The average Bonchev–Trinajstić information content (AvgIpc) is 2.28. The van der Waals surface area contributed by atoms with Crippen molar-refractivity contribution in [3.8, 4) is 6.07 Å². The van der Waals surface area contributed by atoms with E-state index in [4.69, 9.17) is 10.00 Å². The minimum Gasteiger partial charge on any atom is -0.377 e. The lowest BCUT2D eigenvalue weighted by molar-refractivity contribution is -0.122. The average molecular weight is 251 g/mol. The molecule has 0 radical (unpaired) electrons. The fourth-order valence-electron chi connectivity index (χ4n) is 2.73. The van der Waals surface area contributed by atoms with E-state index in [9.17, 15) is 0 Å². The molecule has 1 rings (SSSR count). The lowest BCUT2D eigenvalue weighted by Crippen LogP contribution is -2.46. The maximum atomic E-state index is 8.99. The van der Waals surface area contributed by atoms with Gasteiger partial charge in [0.05, 0.1) is 18.8 Å². The number of nitriles is 1. The van der Waals surface area contributed by atoms with E-state index in [0.29, 0.717) is 18.3 Å². The highest BCUT2D eigenvalue weighted by atomic mass is 16.5. The zero-order chi connectivity index (χ0) is 14.0. The SMILES string of the molecule is CC(C)C1CCC(C(C)(C)C(C)(C)CC#N)OC1. The largest absolute Gasteiger partial charge is 0.377 e. The minimum atomic E-state index is -0.00289. The Labute approximate surface area is 113 Å². The first-order valence-corrected chi connectivity index (χ1v) is 7.21. The monoisotopic (exact) mass is 251 g/mol. The van der Waals surface area contributed by atoms with Crippen molar-refractivity contribution in [3.05, 3.63) is 0 Å². The molecule has 1 heterocycles. The van der Waals surface area contributed by atoms with Crippen molar-refractivity contribution in [1.29, 1.82) is 5.26 Å². The van der Waals surface area contributed by atoms with Crippen molar-refractivity contribution in [2.75, 3.05) is 6.61 Å². The van der Waals surface area contributed by atoms with E-state index in [-0.39, 0.29) is 16.9 Å². The summed E-state index contributed by atoms with van der Waals surface area (Å²) in [7, 11) is 0. The van der Waals surface area contributed by atoms with Crippen molar-refractivity contribution < 1.29 is 4.74 Å². The molecule has 0 amide bonds. The third kappa shape index (κ3) is 3.06. The highest BCUT2D eigenvalue weighted by Gasteiger charge is 2.45. The number of hydrogen-bond acceptors (Lipinski definition) is 2. The molecule has 1 fully saturated rings. The van der Waals surface area contributed by atoms with E-state index in [0.717, 1.165) is 13.0 Å². The van der Waals surface area contributed by atoms with Gasteiger partial charge in [0, 0.05) is 6.42 Å². The topological polar surface area (TPSA) is 33.0 Å². The third-order valence-electron chi connectivity index (χ3n) is 5.32. The molecule has 104 valence electrons. The van der Waals surface area contributed by atoms with Crippen LogP contribution >= 0.6 is 0 Å². The maximum absolute atomic E-state index is 8.99. The summed E-state index contributed by atoms with van der Waals surface area (Å²) in [6, 6.07) is 2.32. The van der Waals surface area contributed by atoms with Crippen LogP contribution in [0.25, 0.3) is 0 Å². The van der Waals surface area contributed by atoms with Gasteiger partial charge in [-0.05, 0) is 35.5 Å². The number of nitrogens with zero attached hydrogens (tertiary/aromatic N) is 1. The van der Waals surface area contributed by atoms with E-state index in [1.807, 2.05) is 0 Å². The second-order valence-electron chi connectivity index (χ2n) is 7.34. The Morgan fingerprint density at radius 1 is 1.22 bits per heavy atom. The predicted octanol–water partition coefficient (Wildman–Crippen LogP) is 4.40. The van der Waals surface area contributed by atoms with E-state index in [2.05, 4.69) is 47.6 Å². The van der Waals surface area contributed by atoms with E-state index >= 15 is 0 Å². The Morgan fingerprint density at radius 2 is 1.83 bits per heavy atom. The Hall–Kier alpha value is -0.550. The molecule has 0 aromatic heterocycles. The van der Waals surface area contributed by atoms with Crippen LogP contribution in [0.5, 0.6) is 0 Å². The molecule has 0 aromatic rings. The maximum Gasteiger partial charge on any atom is 0.0631 e. The Balaban J connectivity index is 2.69. The van der Waals surface area contributed by atoms with Gasteiger partial charge in [-0.15, -0.1) is 0 Å². The standard InChI is InChI=1S/C16H29NO/c1-12(2)13-7-8-14(18-11-13)16(5,6)15(3,4)9-10-17/h12-14H,7-9,11H2,1-6H3. The Kier molecular flexibility index (Phi) is 4.84. The summed E-state index contributed by atoms with van der Waals surface area (Å²) in [6.45, 7) is 14.3. The molecule has 0 saturated carbocycles. The highest BCUT2D eigenvalue weighted by Crippen LogP contribution is 2.47. The van der Waals surface area contributed by atoms with Gasteiger partial charge in [-0.25, -0.2) is 0 Å². The summed E-state index contributed by atoms with van der Waals surface area (Å²) >= 11 is 0. The van der Waals surface area contributed by atoms with Crippen LogP contribution < -0.4 is 0 Å². The summed E-state index contributed by atoms with van der Waals surface area (Å²) in [5, 5.41) is 8.99. The zero-order valence-electron chi connectivity index (χ0n) is 12.9. The molecule has 0 spiro atoms. The first kappa shape index (κ1) is 15.5. The second-order valence-corrected chi connectivity index (χ2v) is 7.34. The van der Waals surface area contributed by atoms with Gasteiger partial charge in [0.2, 0.25) is 0 Å². The summed E-state index contributed by atoms with van der Waals surface area (Å²) in [4.78, 5) is 0. The highest BCUT2D eigenvalue weighted by molar-refractivity contribution is 4.97. The van der Waals surface area contributed by atoms with Crippen molar-refractivity contribution in [3.63, 3.8) is 0 Å². The number of rotatable bonds is 4. The molecule has 1 saturated heterocycles. The molecule has 0 N–H and O–H groups in total. The van der Waals surface area contributed by atoms with Crippen molar-refractivity contribution in [1.82, 2.24) is 0 Å². The molecule has 1 aliphatic rings. The number of ether oxygens (including phenoxy) is 1. The van der Waals surface area contributed by atoms with Crippen LogP contribution in [0.1, 0.15) is 60.8 Å². The van der Waals surface area contributed by atoms with Crippen LogP contribution in [0, 0.1) is 34.0 Å². The van der Waals surface area contributed by atoms with Crippen LogP contribution in [-0.4, -0.2) is 12.7 Å². The van der Waals surface area contributed by atoms with Gasteiger partial charge in [0.25, 0.3) is 0 Å². The van der Waals surface area contributed by atoms with E-state index in [1.165, 1.54) is 6.42 Å². The molecule has 0 aromatic carbocycles. The van der Waals surface area contributed by atoms with Gasteiger partial charge in [0.15, 0.2) is 0 Å². The van der Waals surface area contributed by atoms with E-state index in [1.54, 1.807) is 0 Å². The predicted molar refractivity (Wildman–Crippen MR) is 75.1 cm³/mol. The molecular weight excluding hydrogens is 222 g/mol. The Bertz CT molecular complexity index is 304. The molecule has 2 atom stereocenters. The lowest BCUT2D eigenvalue weighted by atomic mass is 9.62. The van der Waals surface area contributed by atoms with Crippen LogP contribution in [0.2, 0.25) is 0 Å². The van der Waals surface area contributed by atoms with Gasteiger partial charge in [-0.1, -0.05) is 41.5 Å². The van der Waals surface area contributed by atoms with Crippen molar-refractivity contribution in [2.45, 2.75) is 66.9 Å². The minimum absolute atomic E-state index is 0.00289. The van der Waals surface area contributed by atoms with Crippen LogP contribution in [0.15, 0.2) is 0 Å². The van der Waals surface area contributed by atoms with Gasteiger partial charge in [-0.2, -0.15) is 5.26 Å². The number of hydrogen-bond donors (Lipinski definition) is 0. The molecule has 2 heteroatoms. The molecule has 18 heavy (non-hydrogen) atoms. The van der Waals surface area contributed by atoms with Crippen LogP contribution in [0.3, 0.4) is 0 Å². The first-order chi connectivity index (χ1) is 8.22. The Morgan fingerprint density at radius 3 is 2.22 bits per heavy atom. The van der Waals surface area contributed by atoms with Gasteiger partial charge in [-0.3, -0.25) is 0 Å². The molecule has 1 aliphatic heterocycles. The zero-order valence-corrected chi connectivity index (χ0v) is 12.9. The third-order valence-corrected chi connectivity index (χ3v) is 5.32. The van der Waals surface area contributed by atoms with Crippen LogP contribution in [0.4, 0.5) is 0 Å². The van der Waals surface area contributed by atoms with Gasteiger partial charge >= 0.3 is 0 Å². The summed E-state index contributed by atoms with van der Waals surface area (Å²) < 4.78 is 6.14. The normalized spacial score (nSPS) is 26.1. The van der Waals surface area contributed by atoms with Crippen molar-refractivity contribution in [2.24, 2.45) is 22.7 Å². The molecule has 0 bridgehead atoms. The van der Waals surface area contributed by atoms with Crippen molar-refractivity contribution >= 4 is 0 Å². The van der Waals surface area contributed by atoms with E-state index < -0.39 is 0 Å². The smallest absolute Gasteiger partial charge is 0.0631 e. The summed E-state index contributed by atoms with van der Waals surface area (Å²) in [5.41, 5.74) is 0.0434. The van der Waals surface area contributed by atoms with Crippen LogP contribution in [-0.2, 0) is 4.74 Å². The lowest BCUT2D eigenvalue weighted by Gasteiger charge is -2.48. The second kappa shape index (κ2) is 5.61. The van der Waals surface area contributed by atoms with Gasteiger partial charge < -0.3 is 4.74 Å². The summed E-state index contributed by atoms with van der Waals surface area (Å²) in [5.74, 6) is 1.41. The molecule has 0 aliphatic carbocycles. The molecule has 2 nitrogen and oxygen atoms in total.